The number of nitrogens with zero attached hydrogens (tertiary/aromatic N) is 1. The van der Waals surface area contributed by atoms with Gasteiger partial charge in [0.1, 0.15) is 6.67 Å². The van der Waals surface area contributed by atoms with Crippen molar-refractivity contribution in [3.05, 3.63) is 0 Å². The Labute approximate surface area is 72.1 Å². The number of aliphatic hydroxyl groups is 1. The normalized spacial score (nSPS) is 22.5. The van der Waals surface area contributed by atoms with Gasteiger partial charge in [0.25, 0.3) is 0 Å². The van der Waals surface area contributed by atoms with E-state index < -0.39 is 12.8 Å². The highest BCUT2D eigenvalue weighted by molar-refractivity contribution is 4.64. The van der Waals surface area contributed by atoms with Crippen molar-refractivity contribution in [2.45, 2.75) is 12.5 Å². The lowest BCUT2D eigenvalue weighted by Crippen LogP contribution is -2.38. The van der Waals surface area contributed by atoms with Gasteiger partial charge in [-0.1, -0.05) is 0 Å². The van der Waals surface area contributed by atoms with Crippen molar-refractivity contribution in [3.8, 4) is 0 Å². The molecule has 1 aliphatic rings. The van der Waals surface area contributed by atoms with Crippen LogP contribution in [0, 0.1) is 0 Å². The van der Waals surface area contributed by atoms with Crippen LogP contribution in [-0.4, -0.2) is 55.6 Å². The van der Waals surface area contributed by atoms with Crippen LogP contribution in [0.2, 0.25) is 0 Å². The first-order valence-corrected chi connectivity index (χ1v) is 4.37. The third-order valence-corrected chi connectivity index (χ3v) is 2.06. The van der Waals surface area contributed by atoms with Gasteiger partial charge in [-0.3, -0.25) is 4.90 Å². The largest absolute Gasteiger partial charge is 0.390 e. The summed E-state index contributed by atoms with van der Waals surface area (Å²) in [4.78, 5) is 2.18. The van der Waals surface area contributed by atoms with Crippen molar-refractivity contribution in [2.75, 3.05) is 39.5 Å². The molecule has 0 amide bonds. The van der Waals surface area contributed by atoms with E-state index in [1.807, 2.05) is 0 Å². The molecule has 12 heavy (non-hydrogen) atoms. The maximum Gasteiger partial charge on any atom is 0.115 e. The number of alkyl halides is 1. The number of aliphatic hydroxyl groups excluding tert-OH is 1. The summed E-state index contributed by atoms with van der Waals surface area (Å²) >= 11 is 0. The van der Waals surface area contributed by atoms with Crippen LogP contribution in [0.25, 0.3) is 0 Å². The predicted molar refractivity (Wildman–Crippen MR) is 43.9 cm³/mol. The molecule has 1 fully saturated rings. The smallest absolute Gasteiger partial charge is 0.115 e. The zero-order chi connectivity index (χ0) is 8.81. The Hall–Kier alpha value is -0.190. The van der Waals surface area contributed by atoms with Gasteiger partial charge < -0.3 is 9.84 Å². The van der Waals surface area contributed by atoms with E-state index in [4.69, 9.17) is 9.84 Å². The Kier molecular flexibility index (Phi) is 4.50. The van der Waals surface area contributed by atoms with Crippen LogP contribution >= 0.6 is 0 Å². The Morgan fingerprint density at radius 1 is 1.42 bits per heavy atom. The van der Waals surface area contributed by atoms with Gasteiger partial charge in [0, 0.05) is 19.6 Å². The van der Waals surface area contributed by atoms with Crippen LogP contribution < -0.4 is 0 Å². The Morgan fingerprint density at radius 2 is 2.08 bits per heavy atom. The molecule has 3 nitrogen and oxygen atoms in total. The van der Waals surface area contributed by atoms with Crippen molar-refractivity contribution in [2.24, 2.45) is 0 Å². The van der Waals surface area contributed by atoms with Crippen molar-refractivity contribution in [3.63, 3.8) is 0 Å². The number of halogens is 1. The quantitative estimate of drug-likeness (QED) is 0.658. The fourth-order valence-corrected chi connectivity index (χ4v) is 1.23. The fourth-order valence-electron chi connectivity index (χ4n) is 1.23. The summed E-state index contributed by atoms with van der Waals surface area (Å²) in [6.45, 7) is 3.45. The second-order valence-corrected chi connectivity index (χ2v) is 3.05. The van der Waals surface area contributed by atoms with E-state index in [9.17, 15) is 4.39 Å². The molecule has 0 radical (unpaired) electrons. The maximum absolute atomic E-state index is 11.8. The van der Waals surface area contributed by atoms with Crippen molar-refractivity contribution in [1.29, 1.82) is 0 Å². The molecule has 1 rings (SSSR count). The molecule has 1 unspecified atom stereocenters. The standard InChI is InChI=1S/C8H16FNO2/c9-7-8(11)1-2-10-3-5-12-6-4-10/h8,11H,1-7H2. The lowest BCUT2D eigenvalue weighted by Gasteiger charge is -2.26. The zero-order valence-electron chi connectivity index (χ0n) is 7.21. The molecule has 0 aliphatic carbocycles. The topological polar surface area (TPSA) is 32.7 Å². The minimum Gasteiger partial charge on any atom is -0.390 e. The monoisotopic (exact) mass is 177 g/mol. The molecule has 0 spiro atoms. The van der Waals surface area contributed by atoms with Crippen LogP contribution in [-0.2, 0) is 4.74 Å². The maximum atomic E-state index is 11.8. The van der Waals surface area contributed by atoms with Gasteiger partial charge in [-0.15, -0.1) is 0 Å². The summed E-state index contributed by atoms with van der Waals surface area (Å²) in [7, 11) is 0. The third-order valence-electron chi connectivity index (χ3n) is 2.06. The number of morpholine rings is 1. The van der Waals surface area contributed by atoms with E-state index >= 15 is 0 Å². The van der Waals surface area contributed by atoms with Crippen LogP contribution in [0.15, 0.2) is 0 Å². The van der Waals surface area contributed by atoms with E-state index in [2.05, 4.69) is 4.90 Å². The molecule has 0 saturated carbocycles. The lowest BCUT2D eigenvalue weighted by atomic mass is 10.2. The fraction of sp³-hybridized carbons (Fsp3) is 1.00. The molecular weight excluding hydrogens is 161 g/mol. The van der Waals surface area contributed by atoms with Crippen LogP contribution in [0.3, 0.4) is 0 Å². The molecule has 1 saturated heterocycles. The van der Waals surface area contributed by atoms with Crippen molar-refractivity contribution < 1.29 is 14.2 Å². The first-order valence-electron chi connectivity index (χ1n) is 4.37. The predicted octanol–water partition coefficient (Wildman–Crippen LogP) is 0.0391. The highest BCUT2D eigenvalue weighted by atomic mass is 19.1. The average Bonchev–Trinajstić information content (AvgIpc) is 2.16. The molecule has 1 aliphatic heterocycles. The van der Waals surface area contributed by atoms with Crippen LogP contribution in [0.5, 0.6) is 0 Å². The molecule has 1 N–H and O–H groups in total. The van der Waals surface area contributed by atoms with Crippen molar-refractivity contribution in [1.82, 2.24) is 4.90 Å². The van der Waals surface area contributed by atoms with Gasteiger partial charge in [0.05, 0.1) is 19.3 Å². The summed E-state index contributed by atoms with van der Waals surface area (Å²) in [5, 5.41) is 8.96. The highest BCUT2D eigenvalue weighted by Gasteiger charge is 2.11. The minimum atomic E-state index is -0.784. The molecule has 4 heteroatoms. The van der Waals surface area contributed by atoms with Gasteiger partial charge >= 0.3 is 0 Å². The second kappa shape index (κ2) is 5.45. The minimum absolute atomic E-state index is 0.524. The molecule has 1 atom stereocenters. The molecule has 0 aromatic heterocycles. The summed E-state index contributed by atoms with van der Waals surface area (Å²) in [6, 6.07) is 0. The van der Waals surface area contributed by atoms with E-state index in [-0.39, 0.29) is 0 Å². The van der Waals surface area contributed by atoms with Crippen LogP contribution in [0.1, 0.15) is 6.42 Å². The number of hydrogen-bond acceptors (Lipinski definition) is 3. The highest BCUT2D eigenvalue weighted by Crippen LogP contribution is 2.00. The Bertz CT molecular complexity index is 118. The van der Waals surface area contributed by atoms with Gasteiger partial charge in [-0.05, 0) is 6.42 Å². The summed E-state index contributed by atoms with van der Waals surface area (Å²) in [5.74, 6) is 0. The van der Waals surface area contributed by atoms with Gasteiger partial charge in [0.15, 0.2) is 0 Å². The molecular formula is C8H16FNO2. The van der Waals surface area contributed by atoms with Crippen molar-refractivity contribution >= 4 is 0 Å². The second-order valence-electron chi connectivity index (χ2n) is 3.05. The Morgan fingerprint density at radius 3 is 2.67 bits per heavy atom. The molecule has 1 heterocycles. The first-order chi connectivity index (χ1) is 5.83. The third kappa shape index (κ3) is 3.47. The van der Waals surface area contributed by atoms with E-state index in [1.54, 1.807) is 0 Å². The molecule has 72 valence electrons. The SMILES string of the molecule is OC(CF)CCN1CCOCC1. The van der Waals surface area contributed by atoms with Gasteiger partial charge in [0.2, 0.25) is 0 Å². The lowest BCUT2D eigenvalue weighted by molar-refractivity contribution is 0.0281. The number of ether oxygens (including phenoxy) is 1. The summed E-state index contributed by atoms with van der Waals surface area (Å²) in [5.41, 5.74) is 0. The summed E-state index contributed by atoms with van der Waals surface area (Å²) < 4.78 is 17.0. The van der Waals surface area contributed by atoms with E-state index in [0.29, 0.717) is 6.42 Å². The van der Waals surface area contributed by atoms with E-state index in [1.165, 1.54) is 0 Å². The molecule has 0 aromatic carbocycles. The van der Waals surface area contributed by atoms with Gasteiger partial charge in [-0.25, -0.2) is 4.39 Å². The average molecular weight is 177 g/mol. The summed E-state index contributed by atoms with van der Waals surface area (Å²) in [6.07, 6.45) is -0.260. The Balaban J connectivity index is 2.05. The van der Waals surface area contributed by atoms with Crippen LogP contribution in [0.4, 0.5) is 4.39 Å². The molecule has 0 aromatic rings. The zero-order valence-corrected chi connectivity index (χ0v) is 7.21. The number of hydrogen-bond donors (Lipinski definition) is 1. The molecule has 0 bridgehead atoms. The first kappa shape index (κ1) is 9.89. The van der Waals surface area contributed by atoms with E-state index in [0.717, 1.165) is 32.8 Å². The van der Waals surface area contributed by atoms with Gasteiger partial charge in [-0.2, -0.15) is 0 Å². The number of rotatable bonds is 4.